The second-order valence-electron chi connectivity index (χ2n) is 5.64. The van der Waals surface area contributed by atoms with Gasteiger partial charge in [0.05, 0.1) is 6.61 Å². The van der Waals surface area contributed by atoms with Gasteiger partial charge < -0.3 is 10.5 Å². The summed E-state index contributed by atoms with van der Waals surface area (Å²) in [5.41, 5.74) is 8.58. The van der Waals surface area contributed by atoms with Crippen LogP contribution in [0.25, 0.3) is 0 Å². The number of nitrogens with two attached hydrogens (primary N) is 1. The van der Waals surface area contributed by atoms with Crippen LogP contribution in [0.4, 0.5) is 0 Å². The summed E-state index contributed by atoms with van der Waals surface area (Å²) in [6.45, 7) is 9.88. The van der Waals surface area contributed by atoms with E-state index in [0.717, 1.165) is 24.2 Å². The Morgan fingerprint density at radius 2 is 2.05 bits per heavy atom. The van der Waals surface area contributed by atoms with Gasteiger partial charge in [0.1, 0.15) is 0 Å². The second-order valence-corrected chi connectivity index (χ2v) is 6.50. The van der Waals surface area contributed by atoms with Crippen molar-refractivity contribution in [1.29, 1.82) is 0 Å². The van der Waals surface area contributed by atoms with Crippen LogP contribution in [0.3, 0.4) is 0 Å². The average molecular weight is 343 g/mol. The highest BCUT2D eigenvalue weighted by molar-refractivity contribution is 9.10. The zero-order valence-corrected chi connectivity index (χ0v) is 14.6. The maximum atomic E-state index is 6.05. The van der Waals surface area contributed by atoms with Gasteiger partial charge in [-0.15, -0.1) is 0 Å². The first-order valence-corrected chi connectivity index (χ1v) is 7.98. The average Bonchev–Trinajstić information content (AvgIpc) is 2.40. The SMILES string of the molecule is COCCN(CC(C)C)C(CN)c1ccc(Br)c(C)c1. The van der Waals surface area contributed by atoms with Crippen molar-refractivity contribution in [3.8, 4) is 0 Å². The first kappa shape index (κ1) is 17.6. The fourth-order valence-electron chi connectivity index (χ4n) is 2.42. The zero-order valence-electron chi connectivity index (χ0n) is 13.0. The molecule has 1 aromatic rings. The Labute approximate surface area is 131 Å². The van der Waals surface area contributed by atoms with Crippen molar-refractivity contribution in [2.45, 2.75) is 26.8 Å². The predicted molar refractivity (Wildman–Crippen MR) is 89.0 cm³/mol. The summed E-state index contributed by atoms with van der Waals surface area (Å²) in [5.74, 6) is 0.609. The number of hydrogen-bond donors (Lipinski definition) is 1. The molecule has 20 heavy (non-hydrogen) atoms. The van der Waals surface area contributed by atoms with E-state index in [1.807, 2.05) is 0 Å². The molecule has 0 radical (unpaired) electrons. The van der Waals surface area contributed by atoms with Gasteiger partial charge in [-0.1, -0.05) is 41.9 Å². The van der Waals surface area contributed by atoms with Crippen LogP contribution in [0.15, 0.2) is 22.7 Å². The lowest BCUT2D eigenvalue weighted by molar-refractivity contribution is 0.112. The van der Waals surface area contributed by atoms with E-state index < -0.39 is 0 Å². The second kappa shape index (κ2) is 8.78. The van der Waals surface area contributed by atoms with Crippen molar-refractivity contribution < 1.29 is 4.74 Å². The number of halogens is 1. The summed E-state index contributed by atoms with van der Waals surface area (Å²) >= 11 is 3.55. The maximum absolute atomic E-state index is 6.05. The van der Waals surface area contributed by atoms with E-state index >= 15 is 0 Å². The first-order valence-electron chi connectivity index (χ1n) is 7.18. The third kappa shape index (κ3) is 5.17. The summed E-state index contributed by atoms with van der Waals surface area (Å²) in [6, 6.07) is 6.74. The summed E-state index contributed by atoms with van der Waals surface area (Å²) in [6.07, 6.45) is 0. The highest BCUT2D eigenvalue weighted by Crippen LogP contribution is 2.25. The standard InChI is InChI=1S/C16H27BrN2O/c1-12(2)11-19(7-8-20-4)16(10-18)14-5-6-15(17)13(3)9-14/h5-6,9,12,16H,7-8,10-11,18H2,1-4H3. The van der Waals surface area contributed by atoms with Gasteiger partial charge in [0.15, 0.2) is 0 Å². The van der Waals surface area contributed by atoms with Gasteiger partial charge in [0, 0.05) is 37.3 Å². The number of benzene rings is 1. The van der Waals surface area contributed by atoms with Gasteiger partial charge in [-0.3, -0.25) is 4.90 Å². The fourth-order valence-corrected chi connectivity index (χ4v) is 2.67. The molecule has 0 bridgehead atoms. The molecule has 0 heterocycles. The van der Waals surface area contributed by atoms with Gasteiger partial charge in [-0.05, 0) is 30.0 Å². The Morgan fingerprint density at radius 3 is 2.55 bits per heavy atom. The van der Waals surface area contributed by atoms with Crippen LogP contribution in [-0.4, -0.2) is 38.3 Å². The van der Waals surface area contributed by atoms with Crippen LogP contribution in [0.5, 0.6) is 0 Å². The molecule has 0 spiro atoms. The van der Waals surface area contributed by atoms with E-state index in [1.165, 1.54) is 11.1 Å². The zero-order chi connectivity index (χ0) is 15.1. The van der Waals surface area contributed by atoms with Crippen molar-refractivity contribution in [3.05, 3.63) is 33.8 Å². The predicted octanol–water partition coefficient (Wildman–Crippen LogP) is 3.36. The van der Waals surface area contributed by atoms with E-state index in [9.17, 15) is 0 Å². The molecule has 0 aliphatic rings. The molecule has 2 N–H and O–H groups in total. The minimum absolute atomic E-state index is 0.249. The van der Waals surface area contributed by atoms with Crippen molar-refractivity contribution >= 4 is 15.9 Å². The lowest BCUT2D eigenvalue weighted by Crippen LogP contribution is -2.38. The van der Waals surface area contributed by atoms with E-state index in [1.54, 1.807) is 7.11 Å². The van der Waals surface area contributed by atoms with Crippen LogP contribution >= 0.6 is 15.9 Å². The van der Waals surface area contributed by atoms with Crippen LogP contribution < -0.4 is 5.73 Å². The highest BCUT2D eigenvalue weighted by Gasteiger charge is 2.20. The van der Waals surface area contributed by atoms with Gasteiger partial charge >= 0.3 is 0 Å². The molecule has 0 amide bonds. The lowest BCUT2D eigenvalue weighted by Gasteiger charge is -2.32. The largest absolute Gasteiger partial charge is 0.383 e. The smallest absolute Gasteiger partial charge is 0.0589 e. The molecule has 0 aromatic heterocycles. The molecular weight excluding hydrogens is 316 g/mol. The van der Waals surface area contributed by atoms with E-state index in [2.05, 4.69) is 59.8 Å². The molecule has 1 unspecified atom stereocenters. The minimum Gasteiger partial charge on any atom is -0.383 e. The number of rotatable bonds is 8. The van der Waals surface area contributed by atoms with Crippen molar-refractivity contribution in [2.24, 2.45) is 11.7 Å². The summed E-state index contributed by atoms with van der Waals surface area (Å²) in [4.78, 5) is 2.43. The topological polar surface area (TPSA) is 38.5 Å². The highest BCUT2D eigenvalue weighted by atomic mass is 79.9. The number of methoxy groups -OCH3 is 1. The number of aryl methyl sites for hydroxylation is 1. The van der Waals surface area contributed by atoms with E-state index in [4.69, 9.17) is 10.5 Å². The Hall–Kier alpha value is -0.420. The van der Waals surface area contributed by atoms with Crippen LogP contribution in [0.2, 0.25) is 0 Å². The molecule has 0 aliphatic carbocycles. The molecule has 0 saturated carbocycles. The molecule has 3 nitrogen and oxygen atoms in total. The Kier molecular flexibility index (Phi) is 7.74. The van der Waals surface area contributed by atoms with Gasteiger partial charge in [-0.25, -0.2) is 0 Å². The van der Waals surface area contributed by atoms with Crippen molar-refractivity contribution in [1.82, 2.24) is 4.90 Å². The summed E-state index contributed by atoms with van der Waals surface area (Å²) < 4.78 is 6.38. The number of nitrogens with zero attached hydrogens (tertiary/aromatic N) is 1. The van der Waals surface area contributed by atoms with Crippen molar-refractivity contribution in [3.63, 3.8) is 0 Å². The lowest BCUT2D eigenvalue weighted by atomic mass is 10.0. The third-order valence-corrected chi connectivity index (χ3v) is 4.30. The molecule has 1 aromatic carbocycles. The molecule has 114 valence electrons. The molecule has 0 fully saturated rings. The molecule has 4 heteroatoms. The molecular formula is C16H27BrN2O. The van der Waals surface area contributed by atoms with Crippen LogP contribution in [0, 0.1) is 12.8 Å². The summed E-state index contributed by atoms with van der Waals surface area (Å²) in [5, 5.41) is 0. The number of hydrogen-bond acceptors (Lipinski definition) is 3. The maximum Gasteiger partial charge on any atom is 0.0589 e. The molecule has 1 atom stereocenters. The van der Waals surface area contributed by atoms with Gasteiger partial charge in [0.2, 0.25) is 0 Å². The minimum atomic E-state index is 0.249. The van der Waals surface area contributed by atoms with Crippen LogP contribution in [-0.2, 0) is 4.74 Å². The molecule has 0 saturated heterocycles. The first-order chi connectivity index (χ1) is 9.49. The van der Waals surface area contributed by atoms with Crippen molar-refractivity contribution in [2.75, 3.05) is 33.4 Å². The van der Waals surface area contributed by atoms with Gasteiger partial charge in [0.25, 0.3) is 0 Å². The fraction of sp³-hybridized carbons (Fsp3) is 0.625. The van der Waals surface area contributed by atoms with E-state index in [0.29, 0.717) is 12.5 Å². The third-order valence-electron chi connectivity index (χ3n) is 3.41. The molecule has 0 aliphatic heterocycles. The molecule has 1 rings (SSSR count). The Balaban J connectivity index is 2.94. The Morgan fingerprint density at radius 1 is 1.35 bits per heavy atom. The summed E-state index contributed by atoms with van der Waals surface area (Å²) in [7, 11) is 1.74. The number of ether oxygens (including phenoxy) is 1. The van der Waals surface area contributed by atoms with E-state index in [-0.39, 0.29) is 6.04 Å². The Bertz CT molecular complexity index is 409. The monoisotopic (exact) mass is 342 g/mol. The van der Waals surface area contributed by atoms with Gasteiger partial charge in [-0.2, -0.15) is 0 Å². The quantitative estimate of drug-likeness (QED) is 0.787. The normalized spacial score (nSPS) is 13.2. The van der Waals surface area contributed by atoms with Crippen LogP contribution in [0.1, 0.15) is 31.0 Å².